The lowest BCUT2D eigenvalue weighted by Gasteiger charge is -2.29. The van der Waals surface area contributed by atoms with Crippen LogP contribution in [0.1, 0.15) is 95.8 Å². The highest BCUT2D eigenvalue weighted by atomic mass is 32.2. The molecule has 5 heteroatoms. The number of hydrogen-bond acceptors (Lipinski definition) is 5. The van der Waals surface area contributed by atoms with E-state index < -0.39 is 0 Å². The molecule has 0 aromatic heterocycles. The maximum Gasteiger partial charge on any atom is 0.316 e. The quantitative estimate of drug-likeness (QED) is 0.187. The van der Waals surface area contributed by atoms with Crippen molar-refractivity contribution in [3.05, 3.63) is 35.9 Å². The summed E-state index contributed by atoms with van der Waals surface area (Å²) in [6.07, 6.45) is 15.6. The van der Waals surface area contributed by atoms with E-state index in [1.54, 1.807) is 11.8 Å². The van der Waals surface area contributed by atoms with Crippen LogP contribution in [0, 0.1) is 0 Å². The monoisotopic (exact) mass is 450 g/mol. The summed E-state index contributed by atoms with van der Waals surface area (Å²) in [5.41, 5.74) is 0.991. The van der Waals surface area contributed by atoms with E-state index in [-0.39, 0.29) is 18.4 Å². The van der Waals surface area contributed by atoms with Gasteiger partial charge in [-0.05, 0) is 12.2 Å². The largest absolute Gasteiger partial charge is 0.457 e. The van der Waals surface area contributed by atoms with Gasteiger partial charge < -0.3 is 14.2 Å². The molecule has 0 N–H and O–H groups in total. The van der Waals surface area contributed by atoms with E-state index in [0.29, 0.717) is 19.0 Å². The zero-order valence-electron chi connectivity index (χ0n) is 19.4. The molecule has 0 radical (unpaired) electrons. The fraction of sp³-hybridized carbons (Fsp3) is 0.731. The topological polar surface area (TPSA) is 44.8 Å². The molecule has 1 aliphatic heterocycles. The number of carbonyl (C=O) groups excluding carboxylic acids is 1. The van der Waals surface area contributed by atoms with Gasteiger partial charge >= 0.3 is 5.97 Å². The molecule has 0 saturated carbocycles. The van der Waals surface area contributed by atoms with E-state index >= 15 is 0 Å². The summed E-state index contributed by atoms with van der Waals surface area (Å²) < 4.78 is 16.9. The summed E-state index contributed by atoms with van der Waals surface area (Å²) in [5.74, 6) is 1.27. The Labute approximate surface area is 193 Å². The maximum absolute atomic E-state index is 12.0. The summed E-state index contributed by atoms with van der Waals surface area (Å²) >= 11 is 1.67. The molecular weight excluding hydrogens is 408 g/mol. The number of benzene rings is 1. The van der Waals surface area contributed by atoms with E-state index in [1.165, 1.54) is 77.0 Å². The van der Waals surface area contributed by atoms with Crippen molar-refractivity contribution in [1.82, 2.24) is 0 Å². The third-order valence-corrected chi connectivity index (χ3v) is 6.62. The molecule has 0 aliphatic carbocycles. The third-order valence-electron chi connectivity index (χ3n) is 5.60. The molecule has 31 heavy (non-hydrogen) atoms. The molecule has 1 aliphatic rings. The highest BCUT2D eigenvalue weighted by Crippen LogP contribution is 2.23. The van der Waals surface area contributed by atoms with Crippen molar-refractivity contribution < 1.29 is 19.0 Å². The van der Waals surface area contributed by atoms with Gasteiger partial charge in [0.05, 0.1) is 19.0 Å². The normalized spacial score (nSPS) is 18.7. The lowest BCUT2D eigenvalue weighted by molar-refractivity contribution is -0.228. The Morgan fingerprint density at radius 1 is 0.871 bits per heavy atom. The Kier molecular flexibility index (Phi) is 14.8. The van der Waals surface area contributed by atoms with Gasteiger partial charge in [-0.25, -0.2) is 0 Å². The lowest BCUT2D eigenvalue weighted by atomic mass is 10.1. The third kappa shape index (κ3) is 12.5. The van der Waals surface area contributed by atoms with E-state index in [2.05, 4.69) is 6.92 Å². The standard InChI is InChI=1S/C26H42O4S/c1-2-3-4-5-6-7-8-9-10-11-12-16-19-31-22-25(27)30-24-20-28-26(29-21-24)23-17-14-13-15-18-23/h13-15,17-18,24,26H,2-12,16,19-22H2,1H3. The first-order chi connectivity index (χ1) is 15.3. The zero-order chi connectivity index (χ0) is 22.0. The minimum Gasteiger partial charge on any atom is -0.457 e. The Balaban J connectivity index is 1.36. The van der Waals surface area contributed by atoms with E-state index in [9.17, 15) is 4.79 Å². The molecule has 4 nitrogen and oxygen atoms in total. The fourth-order valence-electron chi connectivity index (χ4n) is 3.78. The highest BCUT2D eigenvalue weighted by Gasteiger charge is 2.25. The van der Waals surface area contributed by atoms with Gasteiger partial charge in [-0.1, -0.05) is 108 Å². The molecule has 1 saturated heterocycles. The first-order valence-corrected chi connectivity index (χ1v) is 13.5. The van der Waals surface area contributed by atoms with Crippen molar-refractivity contribution >= 4 is 17.7 Å². The van der Waals surface area contributed by atoms with Crippen LogP contribution >= 0.6 is 11.8 Å². The summed E-state index contributed by atoms with van der Waals surface area (Å²) in [6.45, 7) is 3.04. The number of esters is 1. The summed E-state index contributed by atoms with van der Waals surface area (Å²) in [6, 6.07) is 9.84. The molecule has 1 heterocycles. The van der Waals surface area contributed by atoms with Gasteiger partial charge in [0.2, 0.25) is 0 Å². The van der Waals surface area contributed by atoms with Crippen molar-refractivity contribution in [3.8, 4) is 0 Å². The number of carbonyl (C=O) groups is 1. The van der Waals surface area contributed by atoms with Crippen LogP contribution in [0.25, 0.3) is 0 Å². The van der Waals surface area contributed by atoms with Gasteiger partial charge in [0.25, 0.3) is 0 Å². The summed E-state index contributed by atoms with van der Waals surface area (Å²) in [5, 5.41) is 0. The van der Waals surface area contributed by atoms with Crippen molar-refractivity contribution in [2.24, 2.45) is 0 Å². The molecule has 1 aromatic rings. The second-order valence-corrected chi connectivity index (χ2v) is 9.57. The van der Waals surface area contributed by atoms with Gasteiger partial charge in [0.1, 0.15) is 6.10 Å². The Morgan fingerprint density at radius 2 is 1.42 bits per heavy atom. The van der Waals surface area contributed by atoms with Crippen LogP contribution in [0.15, 0.2) is 30.3 Å². The SMILES string of the molecule is CCCCCCCCCCCCCCSCC(=O)OC1COC(c2ccccc2)OC1. The average molecular weight is 451 g/mol. The van der Waals surface area contributed by atoms with Crippen molar-refractivity contribution in [2.45, 2.75) is 96.4 Å². The zero-order valence-corrected chi connectivity index (χ0v) is 20.2. The number of ether oxygens (including phenoxy) is 3. The Morgan fingerprint density at radius 3 is 2.00 bits per heavy atom. The van der Waals surface area contributed by atoms with Crippen molar-refractivity contribution in [2.75, 3.05) is 24.7 Å². The van der Waals surface area contributed by atoms with Gasteiger partial charge in [-0.2, -0.15) is 11.8 Å². The van der Waals surface area contributed by atoms with Crippen LogP contribution in [0.5, 0.6) is 0 Å². The van der Waals surface area contributed by atoms with Crippen LogP contribution in [-0.2, 0) is 19.0 Å². The van der Waals surface area contributed by atoms with E-state index in [4.69, 9.17) is 14.2 Å². The Bertz CT molecular complexity index is 558. The number of thioether (sulfide) groups is 1. The van der Waals surface area contributed by atoms with Gasteiger partial charge in [0, 0.05) is 5.56 Å². The van der Waals surface area contributed by atoms with Crippen LogP contribution in [0.4, 0.5) is 0 Å². The maximum atomic E-state index is 12.0. The van der Waals surface area contributed by atoms with Crippen LogP contribution < -0.4 is 0 Å². The second-order valence-electron chi connectivity index (χ2n) is 8.46. The highest BCUT2D eigenvalue weighted by molar-refractivity contribution is 7.99. The van der Waals surface area contributed by atoms with Crippen LogP contribution in [0.2, 0.25) is 0 Å². The molecule has 0 atom stereocenters. The van der Waals surface area contributed by atoms with Gasteiger partial charge in [-0.3, -0.25) is 4.79 Å². The number of hydrogen-bond donors (Lipinski definition) is 0. The van der Waals surface area contributed by atoms with E-state index in [1.807, 2.05) is 30.3 Å². The minimum atomic E-state index is -0.365. The first-order valence-electron chi connectivity index (χ1n) is 12.3. The van der Waals surface area contributed by atoms with Gasteiger partial charge in [-0.15, -0.1) is 0 Å². The van der Waals surface area contributed by atoms with E-state index in [0.717, 1.165) is 11.3 Å². The molecule has 0 amide bonds. The molecular formula is C26H42O4S. The summed E-state index contributed by atoms with van der Waals surface area (Å²) in [7, 11) is 0. The molecule has 0 unspecified atom stereocenters. The minimum absolute atomic E-state index is 0.167. The molecule has 0 bridgehead atoms. The Hall–Kier alpha value is -1.04. The summed E-state index contributed by atoms with van der Waals surface area (Å²) in [4.78, 5) is 12.0. The molecule has 0 spiro atoms. The van der Waals surface area contributed by atoms with Crippen molar-refractivity contribution in [1.29, 1.82) is 0 Å². The second kappa shape index (κ2) is 17.5. The number of unbranched alkanes of at least 4 members (excludes halogenated alkanes) is 11. The fourth-order valence-corrected chi connectivity index (χ4v) is 4.56. The van der Waals surface area contributed by atoms with Crippen molar-refractivity contribution in [3.63, 3.8) is 0 Å². The molecule has 176 valence electrons. The number of rotatable bonds is 17. The predicted octanol–water partition coefficient (Wildman–Crippen LogP) is 7.08. The molecule has 1 fully saturated rings. The van der Waals surface area contributed by atoms with Crippen LogP contribution in [-0.4, -0.2) is 36.8 Å². The van der Waals surface area contributed by atoms with Crippen LogP contribution in [0.3, 0.4) is 0 Å². The molecule has 2 rings (SSSR count). The first kappa shape index (κ1) is 26.2. The smallest absolute Gasteiger partial charge is 0.316 e. The van der Waals surface area contributed by atoms with Gasteiger partial charge in [0.15, 0.2) is 6.29 Å². The average Bonchev–Trinajstić information content (AvgIpc) is 2.80. The predicted molar refractivity (Wildman–Crippen MR) is 129 cm³/mol. The molecule has 1 aromatic carbocycles. The lowest BCUT2D eigenvalue weighted by Crippen LogP contribution is -2.35.